The quantitative estimate of drug-likeness (QED) is 0.853. The van der Waals surface area contributed by atoms with Crippen LogP contribution < -0.4 is 5.32 Å². The molecular formula is C15H18ClN3OS. The lowest BCUT2D eigenvalue weighted by Gasteiger charge is -2.20. The van der Waals surface area contributed by atoms with Gasteiger partial charge in [0.15, 0.2) is 5.82 Å². The standard InChI is InChI=1S/C15H18ClN3OS/c16-12-4-1-5-13(8-12)21-10-14-18-15(20-19-14)7-11-3-2-6-17-9-11/h1,4-5,8,11,17H,2-3,6-7,9-10H2. The maximum atomic E-state index is 5.97. The second kappa shape index (κ2) is 7.29. The van der Waals surface area contributed by atoms with Gasteiger partial charge < -0.3 is 9.84 Å². The van der Waals surface area contributed by atoms with Gasteiger partial charge >= 0.3 is 0 Å². The van der Waals surface area contributed by atoms with Crippen LogP contribution in [0.15, 0.2) is 33.7 Å². The summed E-state index contributed by atoms with van der Waals surface area (Å²) in [6.45, 7) is 2.18. The third-order valence-corrected chi connectivity index (χ3v) is 4.76. The smallest absolute Gasteiger partial charge is 0.226 e. The second-order valence-electron chi connectivity index (χ2n) is 5.27. The largest absolute Gasteiger partial charge is 0.339 e. The zero-order valence-electron chi connectivity index (χ0n) is 11.7. The van der Waals surface area contributed by atoms with Gasteiger partial charge in [-0.25, -0.2) is 0 Å². The molecule has 0 aliphatic carbocycles. The first-order valence-corrected chi connectivity index (χ1v) is 8.56. The third kappa shape index (κ3) is 4.46. The average Bonchev–Trinajstić information content (AvgIpc) is 2.94. The number of benzene rings is 1. The van der Waals surface area contributed by atoms with Crippen LogP contribution in [-0.2, 0) is 12.2 Å². The van der Waals surface area contributed by atoms with Crippen LogP contribution >= 0.6 is 23.4 Å². The highest BCUT2D eigenvalue weighted by Crippen LogP contribution is 2.24. The first-order valence-electron chi connectivity index (χ1n) is 7.20. The molecule has 21 heavy (non-hydrogen) atoms. The number of nitrogens with zero attached hydrogens (tertiary/aromatic N) is 2. The van der Waals surface area contributed by atoms with E-state index in [1.54, 1.807) is 11.8 Å². The highest BCUT2D eigenvalue weighted by atomic mass is 35.5. The minimum Gasteiger partial charge on any atom is -0.339 e. The van der Waals surface area contributed by atoms with Gasteiger partial charge in [0.05, 0.1) is 5.75 Å². The van der Waals surface area contributed by atoms with Crippen LogP contribution in [0.4, 0.5) is 0 Å². The molecule has 1 aliphatic rings. The van der Waals surface area contributed by atoms with Crippen LogP contribution in [0.3, 0.4) is 0 Å². The van der Waals surface area contributed by atoms with Crippen LogP contribution in [0.2, 0.25) is 5.02 Å². The zero-order chi connectivity index (χ0) is 14.5. The van der Waals surface area contributed by atoms with E-state index in [2.05, 4.69) is 15.5 Å². The summed E-state index contributed by atoms with van der Waals surface area (Å²) < 4.78 is 5.35. The number of hydrogen-bond donors (Lipinski definition) is 1. The molecule has 0 bridgehead atoms. The predicted octanol–water partition coefficient (Wildman–Crippen LogP) is 3.56. The normalized spacial score (nSPS) is 18.8. The topological polar surface area (TPSA) is 51.0 Å². The SMILES string of the molecule is Clc1cccc(SCc2noc(CC3CCCNC3)n2)c1. The summed E-state index contributed by atoms with van der Waals surface area (Å²) >= 11 is 7.64. The van der Waals surface area contributed by atoms with E-state index in [4.69, 9.17) is 16.1 Å². The molecule has 1 fully saturated rings. The van der Waals surface area contributed by atoms with Gasteiger partial charge in [0.1, 0.15) is 0 Å². The van der Waals surface area contributed by atoms with Gasteiger partial charge in [-0.1, -0.05) is 22.8 Å². The molecule has 4 nitrogen and oxygen atoms in total. The molecule has 0 amide bonds. The van der Waals surface area contributed by atoms with Crippen LogP contribution in [0, 0.1) is 5.92 Å². The summed E-state index contributed by atoms with van der Waals surface area (Å²) in [5, 5.41) is 8.21. The molecule has 0 radical (unpaired) electrons. The Labute approximate surface area is 133 Å². The molecule has 6 heteroatoms. The van der Waals surface area contributed by atoms with E-state index in [9.17, 15) is 0 Å². The molecule has 1 N–H and O–H groups in total. The zero-order valence-corrected chi connectivity index (χ0v) is 13.3. The number of piperidine rings is 1. The lowest BCUT2D eigenvalue weighted by Crippen LogP contribution is -2.30. The van der Waals surface area contributed by atoms with E-state index in [0.717, 1.165) is 41.1 Å². The summed E-state index contributed by atoms with van der Waals surface area (Å²) in [6, 6.07) is 7.80. The number of nitrogens with one attached hydrogen (secondary N) is 1. The van der Waals surface area contributed by atoms with Gasteiger partial charge in [-0.15, -0.1) is 11.8 Å². The van der Waals surface area contributed by atoms with E-state index < -0.39 is 0 Å². The molecule has 3 rings (SSSR count). The lowest BCUT2D eigenvalue weighted by molar-refractivity contribution is 0.315. The molecule has 0 spiro atoms. The van der Waals surface area contributed by atoms with Gasteiger partial charge in [0.2, 0.25) is 5.89 Å². The fourth-order valence-electron chi connectivity index (χ4n) is 2.48. The Balaban J connectivity index is 1.52. The molecule has 1 aromatic carbocycles. The maximum absolute atomic E-state index is 5.97. The molecule has 2 aromatic rings. The maximum Gasteiger partial charge on any atom is 0.226 e. The summed E-state index contributed by atoms with van der Waals surface area (Å²) in [6.07, 6.45) is 3.35. The Hall–Kier alpha value is -1.04. The second-order valence-corrected chi connectivity index (χ2v) is 6.75. The predicted molar refractivity (Wildman–Crippen MR) is 84.6 cm³/mol. The van der Waals surface area contributed by atoms with Crippen molar-refractivity contribution in [2.24, 2.45) is 5.92 Å². The van der Waals surface area contributed by atoms with Gasteiger partial charge in [0.25, 0.3) is 0 Å². The van der Waals surface area contributed by atoms with E-state index >= 15 is 0 Å². The number of hydrogen-bond acceptors (Lipinski definition) is 5. The minimum absolute atomic E-state index is 0.618. The number of halogens is 1. The van der Waals surface area contributed by atoms with E-state index in [1.807, 2.05) is 24.3 Å². The van der Waals surface area contributed by atoms with Gasteiger partial charge in [-0.2, -0.15) is 4.98 Å². The highest BCUT2D eigenvalue weighted by Gasteiger charge is 2.17. The van der Waals surface area contributed by atoms with E-state index in [0.29, 0.717) is 11.7 Å². The minimum atomic E-state index is 0.618. The van der Waals surface area contributed by atoms with Gasteiger partial charge in [0, 0.05) is 16.3 Å². The van der Waals surface area contributed by atoms with Gasteiger partial charge in [-0.3, -0.25) is 0 Å². The Morgan fingerprint density at radius 2 is 2.38 bits per heavy atom. The lowest BCUT2D eigenvalue weighted by atomic mass is 9.96. The van der Waals surface area contributed by atoms with Crippen molar-refractivity contribution in [3.8, 4) is 0 Å². The molecule has 112 valence electrons. The average molecular weight is 324 g/mol. The van der Waals surface area contributed by atoms with Crippen LogP contribution in [0.1, 0.15) is 24.6 Å². The van der Waals surface area contributed by atoms with Crippen molar-refractivity contribution in [3.05, 3.63) is 41.0 Å². The summed E-state index contributed by atoms with van der Waals surface area (Å²) in [5.74, 6) is 2.82. The van der Waals surface area contributed by atoms with Crippen LogP contribution in [0.25, 0.3) is 0 Å². The first kappa shape index (κ1) is 14.9. The molecule has 1 atom stereocenters. The molecule has 1 aliphatic heterocycles. The fraction of sp³-hybridized carbons (Fsp3) is 0.467. The Bertz CT molecular complexity index is 584. The van der Waals surface area contributed by atoms with E-state index in [-0.39, 0.29) is 0 Å². The summed E-state index contributed by atoms with van der Waals surface area (Å²) in [5.41, 5.74) is 0. The molecule has 1 aromatic heterocycles. The number of thioether (sulfide) groups is 1. The molecule has 1 unspecified atom stereocenters. The third-order valence-electron chi connectivity index (χ3n) is 3.54. The van der Waals surface area contributed by atoms with Crippen molar-refractivity contribution in [2.45, 2.75) is 29.9 Å². The van der Waals surface area contributed by atoms with Crippen molar-refractivity contribution in [2.75, 3.05) is 13.1 Å². The monoisotopic (exact) mass is 323 g/mol. The Kier molecular flexibility index (Phi) is 5.17. The molecule has 1 saturated heterocycles. The van der Waals surface area contributed by atoms with Crippen LogP contribution in [-0.4, -0.2) is 23.2 Å². The van der Waals surface area contributed by atoms with Crippen molar-refractivity contribution < 1.29 is 4.52 Å². The summed E-state index contributed by atoms with van der Waals surface area (Å²) in [7, 11) is 0. The van der Waals surface area contributed by atoms with Gasteiger partial charge in [-0.05, 0) is 50.0 Å². The molecule has 0 saturated carbocycles. The van der Waals surface area contributed by atoms with E-state index in [1.165, 1.54) is 12.8 Å². The van der Waals surface area contributed by atoms with Crippen molar-refractivity contribution in [1.29, 1.82) is 0 Å². The number of aromatic nitrogens is 2. The van der Waals surface area contributed by atoms with Crippen LogP contribution in [0.5, 0.6) is 0 Å². The highest BCUT2D eigenvalue weighted by molar-refractivity contribution is 7.98. The summed E-state index contributed by atoms with van der Waals surface area (Å²) in [4.78, 5) is 5.60. The van der Waals surface area contributed by atoms with Crippen molar-refractivity contribution >= 4 is 23.4 Å². The number of rotatable bonds is 5. The molecular weight excluding hydrogens is 306 g/mol. The first-order chi connectivity index (χ1) is 10.3. The molecule has 2 heterocycles. The van der Waals surface area contributed by atoms with Crippen molar-refractivity contribution in [3.63, 3.8) is 0 Å². The Morgan fingerprint density at radius 3 is 3.19 bits per heavy atom. The fourth-order valence-corrected chi connectivity index (χ4v) is 3.53. The van der Waals surface area contributed by atoms with Crippen molar-refractivity contribution in [1.82, 2.24) is 15.5 Å². The Morgan fingerprint density at radius 1 is 1.43 bits per heavy atom.